The van der Waals surface area contributed by atoms with E-state index < -0.39 is 0 Å². The first-order valence-electron chi connectivity index (χ1n) is 11.1. The maximum absolute atomic E-state index is 13.0. The van der Waals surface area contributed by atoms with Gasteiger partial charge in [-0.1, -0.05) is 41.4 Å². The fourth-order valence-corrected chi connectivity index (χ4v) is 4.22. The molecule has 2 amide bonds. The number of nitrogens with zero attached hydrogens (tertiary/aromatic N) is 2. The molecule has 180 valence electrons. The Morgan fingerprint density at radius 1 is 0.914 bits per heavy atom. The largest absolute Gasteiger partial charge is 0.354 e. The van der Waals surface area contributed by atoms with Crippen molar-refractivity contribution >= 4 is 63.3 Å². The van der Waals surface area contributed by atoms with Crippen LogP contribution in [0.1, 0.15) is 18.1 Å². The fourth-order valence-electron chi connectivity index (χ4n) is 3.93. The van der Waals surface area contributed by atoms with E-state index in [1.54, 1.807) is 36.1 Å². The molecule has 2 N–H and O–H groups in total. The minimum atomic E-state index is -0.220. The Bertz CT molecular complexity index is 1290. The van der Waals surface area contributed by atoms with Gasteiger partial charge in [0.1, 0.15) is 0 Å². The maximum atomic E-state index is 13.0. The maximum Gasteiger partial charge on any atom is 0.258 e. The third kappa shape index (κ3) is 5.68. The number of hydrogen-bond acceptors (Lipinski definition) is 4. The number of rotatable bonds is 7. The lowest BCUT2D eigenvalue weighted by molar-refractivity contribution is -0.116. The molecule has 0 unspecified atom stereocenters. The van der Waals surface area contributed by atoms with Gasteiger partial charge < -0.3 is 20.4 Å². The van der Waals surface area contributed by atoms with E-state index in [1.165, 1.54) is 0 Å². The Morgan fingerprint density at radius 2 is 1.57 bits per heavy atom. The third-order valence-corrected chi connectivity index (χ3v) is 6.20. The highest BCUT2D eigenvalue weighted by Crippen LogP contribution is 2.39. The lowest BCUT2D eigenvalue weighted by Crippen LogP contribution is -2.35. The molecule has 1 aliphatic rings. The summed E-state index contributed by atoms with van der Waals surface area (Å²) in [6, 6.07) is 20.2. The third-order valence-electron chi connectivity index (χ3n) is 5.71. The summed E-state index contributed by atoms with van der Waals surface area (Å²) in [7, 11) is 3.95. The first-order chi connectivity index (χ1) is 16.7. The molecule has 0 spiro atoms. The van der Waals surface area contributed by atoms with Gasteiger partial charge >= 0.3 is 0 Å². The number of benzene rings is 3. The fraction of sp³-hybridized carbons (Fsp3) is 0.185. The highest BCUT2D eigenvalue weighted by Gasteiger charge is 2.28. The molecule has 1 aliphatic heterocycles. The Kier molecular flexibility index (Phi) is 7.45. The average molecular weight is 509 g/mol. The summed E-state index contributed by atoms with van der Waals surface area (Å²) in [5.74, 6) is -0.239. The van der Waals surface area contributed by atoms with E-state index in [0.29, 0.717) is 33.5 Å². The molecule has 0 aromatic heterocycles. The molecule has 0 saturated carbocycles. The van der Waals surface area contributed by atoms with Crippen molar-refractivity contribution in [1.29, 1.82) is 0 Å². The van der Waals surface area contributed by atoms with E-state index in [4.69, 9.17) is 23.2 Å². The lowest BCUT2D eigenvalue weighted by atomic mass is 10.00. The van der Waals surface area contributed by atoms with Crippen molar-refractivity contribution in [2.75, 3.05) is 42.7 Å². The highest BCUT2D eigenvalue weighted by molar-refractivity contribution is 6.38. The molecule has 0 atom stereocenters. The number of nitrogens with one attached hydrogen (secondary N) is 2. The second kappa shape index (κ2) is 10.5. The summed E-state index contributed by atoms with van der Waals surface area (Å²) in [6.45, 7) is 2.91. The smallest absolute Gasteiger partial charge is 0.258 e. The summed E-state index contributed by atoms with van der Waals surface area (Å²) < 4.78 is 0. The second-order valence-electron chi connectivity index (χ2n) is 8.55. The lowest BCUT2D eigenvalue weighted by Gasteiger charge is -2.23. The van der Waals surface area contributed by atoms with E-state index in [0.717, 1.165) is 29.0 Å². The van der Waals surface area contributed by atoms with Crippen molar-refractivity contribution < 1.29 is 9.59 Å². The van der Waals surface area contributed by atoms with Gasteiger partial charge in [-0.3, -0.25) is 9.59 Å². The van der Waals surface area contributed by atoms with Crippen LogP contribution in [0.25, 0.3) is 11.3 Å². The van der Waals surface area contributed by atoms with Crippen LogP contribution in [-0.4, -0.2) is 43.9 Å². The van der Waals surface area contributed by atoms with Crippen LogP contribution in [0.4, 0.5) is 17.1 Å². The van der Waals surface area contributed by atoms with Crippen LogP contribution in [0.2, 0.25) is 10.0 Å². The quantitative estimate of drug-likeness (QED) is 0.393. The van der Waals surface area contributed by atoms with Crippen molar-refractivity contribution in [3.8, 4) is 0 Å². The predicted octanol–water partition coefficient (Wildman–Crippen LogP) is 5.84. The molecule has 1 heterocycles. The topological polar surface area (TPSA) is 64.7 Å². The van der Waals surface area contributed by atoms with Crippen LogP contribution in [0.5, 0.6) is 0 Å². The molecule has 35 heavy (non-hydrogen) atoms. The summed E-state index contributed by atoms with van der Waals surface area (Å²) in [5, 5.41) is 7.47. The molecule has 6 nitrogen and oxygen atoms in total. The standard InChI is InChI=1S/C27H26Cl2N4O2/c1-17(34)33(15-14-32(2)3)22-11-9-21(10-12-22)30-26(18-4-6-19(28)7-5-18)25-23-13-8-20(29)16-24(23)31-27(25)35/h4-13,16,30H,14-15H2,1-3H3,(H,31,35). The van der Waals surface area contributed by atoms with Gasteiger partial charge in [0.2, 0.25) is 5.91 Å². The van der Waals surface area contributed by atoms with Gasteiger partial charge in [0.25, 0.3) is 5.91 Å². The number of halogens is 2. The first kappa shape index (κ1) is 24.8. The highest BCUT2D eigenvalue weighted by atomic mass is 35.5. The summed E-state index contributed by atoms with van der Waals surface area (Å²) in [5.41, 5.74) is 4.98. The predicted molar refractivity (Wildman–Crippen MR) is 145 cm³/mol. The van der Waals surface area contributed by atoms with E-state index in [9.17, 15) is 9.59 Å². The van der Waals surface area contributed by atoms with E-state index >= 15 is 0 Å². The molecule has 3 aromatic carbocycles. The van der Waals surface area contributed by atoms with Gasteiger partial charge in [-0.25, -0.2) is 0 Å². The number of carbonyl (C=O) groups is 2. The summed E-state index contributed by atoms with van der Waals surface area (Å²) in [4.78, 5) is 29.0. The SMILES string of the molecule is CC(=O)N(CCN(C)C)c1ccc(NC(=C2C(=O)Nc3cc(Cl)ccc32)c2ccc(Cl)cc2)cc1. The normalized spacial score (nSPS) is 13.9. The number of likely N-dealkylation sites (N-methyl/N-ethyl adjacent to an activating group) is 1. The molecule has 0 bridgehead atoms. The second-order valence-corrected chi connectivity index (χ2v) is 9.42. The first-order valence-corrected chi connectivity index (χ1v) is 11.9. The van der Waals surface area contributed by atoms with Gasteiger partial charge in [0.05, 0.1) is 17.0 Å². The van der Waals surface area contributed by atoms with Crippen LogP contribution < -0.4 is 15.5 Å². The van der Waals surface area contributed by atoms with Gasteiger partial charge in [0.15, 0.2) is 0 Å². The van der Waals surface area contributed by atoms with E-state index in [-0.39, 0.29) is 11.8 Å². The van der Waals surface area contributed by atoms with E-state index in [2.05, 4.69) is 10.6 Å². The van der Waals surface area contributed by atoms with Crippen LogP contribution in [0.3, 0.4) is 0 Å². The zero-order chi connectivity index (χ0) is 25.1. The Balaban J connectivity index is 1.72. The monoisotopic (exact) mass is 508 g/mol. The van der Waals surface area contributed by atoms with Gasteiger partial charge in [-0.05, 0) is 68.2 Å². The van der Waals surface area contributed by atoms with Gasteiger partial charge in [-0.15, -0.1) is 0 Å². The van der Waals surface area contributed by atoms with E-state index in [1.807, 2.05) is 61.5 Å². The molecule has 0 fully saturated rings. The number of fused-ring (bicyclic) bond motifs is 1. The Morgan fingerprint density at radius 3 is 2.20 bits per heavy atom. The van der Waals surface area contributed by atoms with Crippen LogP contribution in [0, 0.1) is 0 Å². The average Bonchev–Trinajstić information content (AvgIpc) is 3.13. The van der Waals surface area contributed by atoms with Gasteiger partial charge in [0, 0.05) is 47.0 Å². The molecule has 0 saturated heterocycles. The number of hydrogen-bond donors (Lipinski definition) is 2. The van der Waals surface area contributed by atoms with Crippen LogP contribution >= 0.6 is 23.2 Å². The zero-order valence-corrected chi connectivity index (χ0v) is 21.2. The summed E-state index contributed by atoms with van der Waals surface area (Å²) >= 11 is 12.3. The van der Waals surface area contributed by atoms with Crippen molar-refractivity contribution in [3.63, 3.8) is 0 Å². The Hall–Kier alpha value is -3.32. The summed E-state index contributed by atoms with van der Waals surface area (Å²) in [6.07, 6.45) is 0. The number of amides is 2. The molecular formula is C27H26Cl2N4O2. The van der Waals surface area contributed by atoms with Crippen LogP contribution in [0.15, 0.2) is 66.7 Å². The molecule has 0 aliphatic carbocycles. The molecule has 3 aromatic rings. The number of carbonyl (C=O) groups excluding carboxylic acids is 2. The van der Waals surface area contributed by atoms with Crippen molar-refractivity contribution in [1.82, 2.24) is 4.90 Å². The van der Waals surface area contributed by atoms with Crippen molar-refractivity contribution in [2.24, 2.45) is 0 Å². The molecule has 0 radical (unpaired) electrons. The number of anilines is 3. The minimum Gasteiger partial charge on any atom is -0.354 e. The molecule has 8 heteroatoms. The Labute approximate surface area is 215 Å². The molecule has 4 rings (SSSR count). The zero-order valence-electron chi connectivity index (χ0n) is 19.7. The van der Waals surface area contributed by atoms with Gasteiger partial charge in [-0.2, -0.15) is 0 Å². The minimum absolute atomic E-state index is 0.0191. The molecular weight excluding hydrogens is 483 g/mol. The van der Waals surface area contributed by atoms with Crippen LogP contribution in [-0.2, 0) is 9.59 Å². The van der Waals surface area contributed by atoms with Crippen molar-refractivity contribution in [2.45, 2.75) is 6.92 Å². The van der Waals surface area contributed by atoms with Crippen molar-refractivity contribution in [3.05, 3.63) is 87.9 Å².